The summed E-state index contributed by atoms with van der Waals surface area (Å²) in [5.74, 6) is -2.58. The van der Waals surface area contributed by atoms with E-state index in [9.17, 15) is 26.7 Å². The summed E-state index contributed by atoms with van der Waals surface area (Å²) in [6.07, 6.45) is -5.69. The fraction of sp³-hybridized carbons (Fsp3) is 0.385. The van der Waals surface area contributed by atoms with Gasteiger partial charge in [-0.2, -0.15) is 14.0 Å². The van der Waals surface area contributed by atoms with Crippen LogP contribution >= 0.6 is 0 Å². The van der Waals surface area contributed by atoms with Gasteiger partial charge in [0.2, 0.25) is 0 Å². The molecule has 126 valence electrons. The number of ether oxygens (including phenoxy) is 3. The minimum atomic E-state index is -5.09. The molecule has 0 amide bonds. The monoisotopic (exact) mass is 339 g/mol. The Labute approximate surface area is 127 Å². The van der Waals surface area contributed by atoms with E-state index in [1.165, 1.54) is 13.0 Å². The number of hydrogen-bond acceptors (Lipinski definition) is 5. The highest BCUT2D eigenvalue weighted by Gasteiger charge is 2.32. The van der Waals surface area contributed by atoms with Crippen molar-refractivity contribution in [1.82, 2.24) is 0 Å². The van der Waals surface area contributed by atoms with Gasteiger partial charge < -0.3 is 14.2 Å². The van der Waals surface area contributed by atoms with Gasteiger partial charge in [0.15, 0.2) is 0 Å². The van der Waals surface area contributed by atoms with Gasteiger partial charge in [-0.1, -0.05) is 0 Å². The quantitative estimate of drug-likeness (QED) is 0.588. The Balaban J connectivity index is 3.30. The zero-order chi connectivity index (χ0) is 17.6. The zero-order valence-corrected chi connectivity index (χ0v) is 11.6. The van der Waals surface area contributed by atoms with E-state index in [0.717, 1.165) is 6.07 Å². The van der Waals surface area contributed by atoms with Crippen LogP contribution in [-0.4, -0.2) is 25.6 Å². The van der Waals surface area contributed by atoms with E-state index in [0.29, 0.717) is 6.07 Å². The summed E-state index contributed by atoms with van der Waals surface area (Å²) in [7, 11) is 0. The molecular weight excluding hydrogens is 329 g/mol. The first-order valence-electron chi connectivity index (χ1n) is 6.09. The van der Waals surface area contributed by atoms with E-state index in [1.807, 2.05) is 0 Å². The fourth-order valence-electron chi connectivity index (χ4n) is 1.66. The summed E-state index contributed by atoms with van der Waals surface area (Å²) in [5.41, 5.74) is -0.795. The van der Waals surface area contributed by atoms with Crippen LogP contribution in [0.25, 0.3) is 0 Å². The minimum absolute atomic E-state index is 0.000146. The number of carbonyl (C=O) groups is 1. The smallest absolute Gasteiger partial charge is 0.466 e. The molecule has 10 heteroatoms. The Morgan fingerprint density at radius 3 is 2.48 bits per heavy atom. The molecule has 0 aliphatic rings. The number of benzene rings is 1. The lowest BCUT2D eigenvalue weighted by Gasteiger charge is -2.15. The predicted octanol–water partition coefficient (Wildman–Crippen LogP) is 3.16. The molecule has 0 N–H and O–H groups in total. The summed E-state index contributed by atoms with van der Waals surface area (Å²) < 4.78 is 73.7. The molecule has 23 heavy (non-hydrogen) atoms. The maximum Gasteiger partial charge on any atom is 0.573 e. The maximum absolute atomic E-state index is 12.3. The van der Waals surface area contributed by atoms with Crippen molar-refractivity contribution in [3.63, 3.8) is 0 Å². The predicted molar refractivity (Wildman–Crippen MR) is 64.8 cm³/mol. The normalized spacial score (nSPS) is 11.0. The van der Waals surface area contributed by atoms with Crippen LogP contribution < -0.4 is 9.47 Å². The number of carbonyl (C=O) groups excluding carboxylic acids is 1. The van der Waals surface area contributed by atoms with Gasteiger partial charge in [0, 0.05) is 6.07 Å². The average Bonchev–Trinajstić information content (AvgIpc) is 2.36. The number of nitriles is 1. The molecule has 0 fully saturated rings. The Morgan fingerprint density at radius 1 is 1.35 bits per heavy atom. The van der Waals surface area contributed by atoms with Crippen LogP contribution in [0.3, 0.4) is 0 Å². The number of rotatable bonds is 6. The molecule has 0 heterocycles. The first-order valence-corrected chi connectivity index (χ1v) is 6.09. The van der Waals surface area contributed by atoms with Crippen molar-refractivity contribution < 1.29 is 41.0 Å². The van der Waals surface area contributed by atoms with Crippen LogP contribution in [0.1, 0.15) is 18.1 Å². The third kappa shape index (κ3) is 5.98. The molecule has 0 aliphatic heterocycles. The molecule has 0 aliphatic carbocycles. The van der Waals surface area contributed by atoms with Crippen molar-refractivity contribution in [2.24, 2.45) is 0 Å². The van der Waals surface area contributed by atoms with Gasteiger partial charge in [0.25, 0.3) is 0 Å². The third-order valence-corrected chi connectivity index (χ3v) is 2.36. The van der Waals surface area contributed by atoms with Gasteiger partial charge >= 0.3 is 18.9 Å². The maximum atomic E-state index is 12.3. The molecule has 0 atom stereocenters. The van der Waals surface area contributed by atoms with Gasteiger partial charge in [-0.05, 0) is 18.6 Å². The number of esters is 1. The lowest BCUT2D eigenvalue weighted by molar-refractivity contribution is -0.274. The molecule has 0 bridgehead atoms. The van der Waals surface area contributed by atoms with E-state index in [1.54, 1.807) is 0 Å². The number of hydrogen-bond donors (Lipinski definition) is 0. The molecule has 1 rings (SSSR count). The SMILES string of the molecule is CCOC(=O)Cc1cc(OC(F)(F)F)cc(OC(F)F)c1C#N. The molecule has 0 saturated carbocycles. The van der Waals surface area contributed by atoms with Gasteiger partial charge in [-0.3, -0.25) is 4.79 Å². The van der Waals surface area contributed by atoms with Crippen LogP contribution in [0.4, 0.5) is 22.0 Å². The second kappa shape index (κ2) is 7.62. The highest BCUT2D eigenvalue weighted by atomic mass is 19.4. The molecule has 0 radical (unpaired) electrons. The Morgan fingerprint density at radius 2 is 2.00 bits per heavy atom. The van der Waals surface area contributed by atoms with Crippen LogP contribution in [0.5, 0.6) is 11.5 Å². The topological polar surface area (TPSA) is 68.6 Å². The highest BCUT2D eigenvalue weighted by Crippen LogP contribution is 2.33. The van der Waals surface area contributed by atoms with E-state index < -0.39 is 42.4 Å². The van der Waals surface area contributed by atoms with Crippen LogP contribution in [0.2, 0.25) is 0 Å². The molecule has 0 unspecified atom stereocenters. The van der Waals surface area contributed by atoms with Crippen molar-refractivity contribution in [2.45, 2.75) is 26.3 Å². The van der Waals surface area contributed by atoms with Gasteiger partial charge in [-0.15, -0.1) is 13.2 Å². The first-order chi connectivity index (χ1) is 10.7. The van der Waals surface area contributed by atoms with Gasteiger partial charge in [-0.25, -0.2) is 0 Å². The van der Waals surface area contributed by atoms with Crippen molar-refractivity contribution in [2.75, 3.05) is 6.61 Å². The molecule has 0 aromatic heterocycles. The van der Waals surface area contributed by atoms with Gasteiger partial charge in [0.1, 0.15) is 17.6 Å². The minimum Gasteiger partial charge on any atom is -0.466 e. The lowest BCUT2D eigenvalue weighted by Crippen LogP contribution is -2.18. The standard InChI is InChI=1S/C13H10F5NO4/c1-2-21-11(20)4-7-3-8(23-13(16,17)18)5-10(9(7)6-19)22-12(14)15/h3,5,12H,2,4H2,1H3. The summed E-state index contributed by atoms with van der Waals surface area (Å²) >= 11 is 0. The van der Waals surface area contributed by atoms with Crippen molar-refractivity contribution in [3.8, 4) is 17.6 Å². The van der Waals surface area contributed by atoms with E-state index in [2.05, 4.69) is 14.2 Å². The Bertz CT molecular complexity index is 610. The van der Waals surface area contributed by atoms with E-state index in [-0.39, 0.29) is 12.2 Å². The summed E-state index contributed by atoms with van der Waals surface area (Å²) in [6, 6.07) is 2.73. The molecular formula is C13H10F5NO4. The molecule has 0 saturated heterocycles. The van der Waals surface area contributed by atoms with Crippen LogP contribution in [0.15, 0.2) is 12.1 Å². The van der Waals surface area contributed by atoms with Crippen molar-refractivity contribution in [1.29, 1.82) is 5.26 Å². The number of halogens is 5. The van der Waals surface area contributed by atoms with E-state index >= 15 is 0 Å². The summed E-state index contributed by atoms with van der Waals surface area (Å²) in [4.78, 5) is 11.4. The molecule has 1 aromatic carbocycles. The Kier molecular flexibility index (Phi) is 6.12. The average molecular weight is 339 g/mol. The molecule has 0 spiro atoms. The first kappa shape index (κ1) is 18.5. The van der Waals surface area contributed by atoms with Crippen molar-refractivity contribution in [3.05, 3.63) is 23.3 Å². The second-order valence-electron chi connectivity index (χ2n) is 3.98. The molecule has 1 aromatic rings. The highest BCUT2D eigenvalue weighted by molar-refractivity contribution is 5.74. The zero-order valence-electron chi connectivity index (χ0n) is 11.6. The molecule has 5 nitrogen and oxygen atoms in total. The second-order valence-corrected chi connectivity index (χ2v) is 3.98. The number of alkyl halides is 5. The van der Waals surface area contributed by atoms with Gasteiger partial charge in [0.05, 0.1) is 18.6 Å². The van der Waals surface area contributed by atoms with Crippen molar-refractivity contribution >= 4 is 5.97 Å². The largest absolute Gasteiger partial charge is 0.573 e. The Hall–Kier alpha value is -2.57. The van der Waals surface area contributed by atoms with Crippen LogP contribution in [0, 0.1) is 11.3 Å². The lowest BCUT2D eigenvalue weighted by atomic mass is 10.0. The number of nitrogens with zero attached hydrogens (tertiary/aromatic N) is 1. The van der Waals surface area contributed by atoms with E-state index in [4.69, 9.17) is 5.26 Å². The summed E-state index contributed by atoms with van der Waals surface area (Å²) in [6.45, 7) is -1.88. The van der Waals surface area contributed by atoms with Crippen LogP contribution in [-0.2, 0) is 16.0 Å². The third-order valence-electron chi connectivity index (χ3n) is 2.36. The summed E-state index contributed by atoms with van der Waals surface area (Å²) in [5, 5.41) is 8.99. The fourth-order valence-corrected chi connectivity index (χ4v) is 1.66.